The van der Waals surface area contributed by atoms with Gasteiger partial charge in [-0.2, -0.15) is 5.10 Å². The van der Waals surface area contributed by atoms with Gasteiger partial charge in [0.2, 0.25) is 5.95 Å². The smallest absolute Gasteiger partial charge is 0.272 e. The van der Waals surface area contributed by atoms with Crippen LogP contribution in [0.4, 0.5) is 20.4 Å². The number of hydrogen-bond donors (Lipinski definition) is 2. The number of aryl methyl sites for hydroxylation is 1. The van der Waals surface area contributed by atoms with Gasteiger partial charge in [-0.25, -0.2) is 18.7 Å². The highest BCUT2D eigenvalue weighted by molar-refractivity contribution is 5.81. The molecule has 3 aromatic rings. The number of likely N-dealkylation sites (tertiary alicyclic amines) is 1. The average Bonchev–Trinajstić information content (AvgIpc) is 3.11. The molecule has 0 amide bonds. The molecule has 3 atom stereocenters. The summed E-state index contributed by atoms with van der Waals surface area (Å²) in [6.07, 6.45) is 4.83. The van der Waals surface area contributed by atoms with E-state index in [9.17, 15) is 13.9 Å². The number of halogens is 2. The molecule has 35 heavy (non-hydrogen) atoms. The number of piperidine rings is 1. The molecule has 3 aliphatic rings. The molecule has 2 aliphatic heterocycles. The summed E-state index contributed by atoms with van der Waals surface area (Å²) in [5, 5.41) is 18.4. The second kappa shape index (κ2) is 8.46. The second-order valence-electron chi connectivity index (χ2n) is 10.1. The summed E-state index contributed by atoms with van der Waals surface area (Å²) in [6.45, 7) is 6.82. The number of nitrogens with zero attached hydrogens (tertiary/aromatic N) is 5. The van der Waals surface area contributed by atoms with Crippen LogP contribution in [0, 0.1) is 13.8 Å². The summed E-state index contributed by atoms with van der Waals surface area (Å²) in [5.74, 6) is -1.83. The van der Waals surface area contributed by atoms with Crippen LogP contribution in [0.3, 0.4) is 0 Å². The van der Waals surface area contributed by atoms with Gasteiger partial charge < -0.3 is 15.2 Å². The maximum absolute atomic E-state index is 13.5. The molecule has 4 heterocycles. The van der Waals surface area contributed by atoms with E-state index in [1.165, 1.54) is 15.8 Å². The van der Waals surface area contributed by atoms with Gasteiger partial charge in [0.15, 0.2) is 0 Å². The molecule has 1 aromatic carbocycles. The minimum absolute atomic E-state index is 0.106. The molecule has 6 rings (SSSR count). The molecule has 0 radical (unpaired) electrons. The third kappa shape index (κ3) is 4.17. The molecule has 186 valence electrons. The van der Waals surface area contributed by atoms with Gasteiger partial charge >= 0.3 is 0 Å². The van der Waals surface area contributed by atoms with Crippen molar-refractivity contribution in [2.75, 3.05) is 31.6 Å². The predicted molar refractivity (Wildman–Crippen MR) is 127 cm³/mol. The number of aliphatic hydroxyl groups excluding tert-OH is 1. The Morgan fingerprint density at radius 1 is 1.14 bits per heavy atom. The fraction of sp³-hybridized carbons (Fsp3) is 0.560. The van der Waals surface area contributed by atoms with Gasteiger partial charge in [0.05, 0.1) is 48.5 Å². The Morgan fingerprint density at radius 3 is 2.60 bits per heavy atom. The molecular weight excluding hydrogens is 454 g/mol. The number of rotatable bonds is 5. The molecule has 2 N–H and O–H groups in total. The molecule has 10 heteroatoms. The molecule has 0 bridgehead atoms. The minimum Gasteiger partial charge on any atom is -0.389 e. The van der Waals surface area contributed by atoms with E-state index in [4.69, 9.17) is 9.72 Å². The topological polar surface area (TPSA) is 88.3 Å². The van der Waals surface area contributed by atoms with E-state index < -0.39 is 18.1 Å². The minimum atomic E-state index is -2.68. The number of benzene rings is 1. The number of aliphatic hydroxyl groups is 1. The summed E-state index contributed by atoms with van der Waals surface area (Å²) in [7, 11) is 0. The normalized spacial score (nSPS) is 26.9. The zero-order valence-corrected chi connectivity index (χ0v) is 19.9. The number of nitrogens with one attached hydrogen (secondary N) is 1. The fourth-order valence-corrected chi connectivity index (χ4v) is 5.58. The van der Waals surface area contributed by atoms with E-state index in [1.807, 2.05) is 0 Å². The van der Waals surface area contributed by atoms with E-state index in [0.717, 1.165) is 36.8 Å². The lowest BCUT2D eigenvalue weighted by Gasteiger charge is -2.37. The third-order valence-electron chi connectivity index (χ3n) is 7.81. The Bertz CT molecular complexity index is 1260. The number of aromatic nitrogens is 4. The number of alkyl halides is 2. The zero-order chi connectivity index (χ0) is 24.3. The lowest BCUT2D eigenvalue weighted by Crippen LogP contribution is -2.46. The monoisotopic (exact) mass is 484 g/mol. The third-order valence-corrected chi connectivity index (χ3v) is 7.81. The molecule has 3 fully saturated rings. The first-order valence-electron chi connectivity index (χ1n) is 12.3. The van der Waals surface area contributed by atoms with Gasteiger partial charge in [-0.3, -0.25) is 9.58 Å². The van der Waals surface area contributed by atoms with E-state index in [0.29, 0.717) is 36.5 Å². The lowest BCUT2D eigenvalue weighted by atomic mass is 9.85. The number of anilines is 2. The van der Waals surface area contributed by atoms with Crippen LogP contribution in [0.15, 0.2) is 24.5 Å². The number of fused-ring (bicyclic) bond motifs is 1. The molecule has 0 spiro atoms. The molecule has 2 saturated heterocycles. The Kier molecular flexibility index (Phi) is 5.50. The van der Waals surface area contributed by atoms with E-state index in [1.54, 1.807) is 19.3 Å². The van der Waals surface area contributed by atoms with E-state index in [-0.39, 0.29) is 12.5 Å². The van der Waals surface area contributed by atoms with Crippen molar-refractivity contribution in [2.24, 2.45) is 0 Å². The summed E-state index contributed by atoms with van der Waals surface area (Å²) in [5.41, 5.74) is 4.65. The molecule has 3 unspecified atom stereocenters. The molecular formula is C25H30F2N6O2. The molecule has 2 aromatic heterocycles. The maximum atomic E-state index is 13.5. The van der Waals surface area contributed by atoms with Crippen LogP contribution in [-0.2, 0) is 4.74 Å². The number of hydrogen-bond acceptors (Lipinski definition) is 7. The van der Waals surface area contributed by atoms with Crippen molar-refractivity contribution in [1.82, 2.24) is 24.6 Å². The van der Waals surface area contributed by atoms with Crippen molar-refractivity contribution in [1.29, 1.82) is 0 Å². The first-order chi connectivity index (χ1) is 16.8. The quantitative estimate of drug-likeness (QED) is 0.571. The Hall–Kier alpha value is -2.69. The van der Waals surface area contributed by atoms with Crippen LogP contribution in [0.5, 0.6) is 0 Å². The van der Waals surface area contributed by atoms with Crippen molar-refractivity contribution >= 4 is 22.5 Å². The van der Waals surface area contributed by atoms with Gasteiger partial charge in [-0.15, -0.1) is 0 Å². The van der Waals surface area contributed by atoms with Crippen molar-refractivity contribution in [3.63, 3.8) is 0 Å². The Labute approximate surface area is 202 Å². The van der Waals surface area contributed by atoms with Crippen LogP contribution in [-0.4, -0.2) is 74.1 Å². The van der Waals surface area contributed by atoms with Gasteiger partial charge in [-0.05, 0) is 69.0 Å². The molecule has 1 aliphatic carbocycles. The second-order valence-corrected chi connectivity index (χ2v) is 10.1. The van der Waals surface area contributed by atoms with Gasteiger partial charge in [-0.1, -0.05) is 0 Å². The number of ether oxygens (including phenoxy) is 1. The largest absolute Gasteiger partial charge is 0.389 e. The first kappa shape index (κ1) is 22.8. The lowest BCUT2D eigenvalue weighted by molar-refractivity contribution is 0.0663. The van der Waals surface area contributed by atoms with Crippen LogP contribution >= 0.6 is 0 Å². The average molecular weight is 485 g/mol. The highest BCUT2D eigenvalue weighted by atomic mass is 19.3. The molecule has 1 saturated carbocycles. The fourth-order valence-electron chi connectivity index (χ4n) is 5.58. The van der Waals surface area contributed by atoms with E-state index in [2.05, 4.69) is 39.4 Å². The predicted octanol–water partition coefficient (Wildman–Crippen LogP) is 3.71. The zero-order valence-electron chi connectivity index (χ0n) is 19.9. The highest BCUT2D eigenvalue weighted by Gasteiger charge is 2.59. The van der Waals surface area contributed by atoms with Gasteiger partial charge in [0, 0.05) is 18.0 Å². The highest BCUT2D eigenvalue weighted by Crippen LogP contribution is 2.53. The summed E-state index contributed by atoms with van der Waals surface area (Å²) in [6, 6.07) is 3.53. The Balaban J connectivity index is 1.19. The van der Waals surface area contributed by atoms with Gasteiger partial charge in [0.25, 0.3) is 5.92 Å². The van der Waals surface area contributed by atoms with Crippen LogP contribution in [0.2, 0.25) is 0 Å². The first-order valence-corrected chi connectivity index (χ1v) is 12.3. The Morgan fingerprint density at radius 2 is 1.91 bits per heavy atom. The SMILES string of the molecule is Cc1cc2cnc(Nc3cnn(C4CC4(F)F)c3C)nc2cc1C1CCN(C2COCC2O)CC1. The summed E-state index contributed by atoms with van der Waals surface area (Å²) < 4.78 is 33.8. The van der Waals surface area contributed by atoms with Crippen LogP contribution < -0.4 is 5.32 Å². The standard InChI is InChI=1S/C25H30F2N6O2/c1-14-7-17-10-28-24(31-20-11-29-33(15(20)2)23-9-25(23,26)27)30-19(17)8-18(14)16-3-5-32(6-4-16)21-12-35-13-22(21)34/h7-8,10-11,16,21-23,34H,3-6,9,12-13H2,1-2H3,(H,28,30,31). The van der Waals surface area contributed by atoms with Crippen LogP contribution in [0.25, 0.3) is 10.9 Å². The van der Waals surface area contributed by atoms with Crippen LogP contribution in [0.1, 0.15) is 48.0 Å². The molecule has 8 nitrogen and oxygen atoms in total. The van der Waals surface area contributed by atoms with Crippen molar-refractivity contribution in [2.45, 2.75) is 63.1 Å². The summed E-state index contributed by atoms with van der Waals surface area (Å²) >= 11 is 0. The van der Waals surface area contributed by atoms with Crippen molar-refractivity contribution < 1.29 is 18.6 Å². The van der Waals surface area contributed by atoms with Gasteiger partial charge in [0.1, 0.15) is 6.04 Å². The summed E-state index contributed by atoms with van der Waals surface area (Å²) in [4.78, 5) is 11.5. The maximum Gasteiger partial charge on any atom is 0.272 e. The van der Waals surface area contributed by atoms with Crippen molar-refractivity contribution in [3.05, 3.63) is 41.3 Å². The van der Waals surface area contributed by atoms with E-state index >= 15 is 0 Å². The van der Waals surface area contributed by atoms with Crippen molar-refractivity contribution in [3.8, 4) is 0 Å².